The van der Waals surface area contributed by atoms with E-state index in [0.717, 1.165) is 50.2 Å². The smallest absolute Gasteiger partial charge is 0.354 e. The van der Waals surface area contributed by atoms with Crippen molar-refractivity contribution in [1.82, 2.24) is 15.2 Å². The molecule has 192 valence electrons. The Kier molecular flexibility index (Phi) is 7.12. The van der Waals surface area contributed by atoms with Crippen LogP contribution in [0.25, 0.3) is 10.9 Å². The van der Waals surface area contributed by atoms with Crippen LogP contribution >= 0.6 is 0 Å². The third-order valence-electron chi connectivity index (χ3n) is 6.22. The average molecular weight is 510 g/mol. The van der Waals surface area contributed by atoms with Crippen molar-refractivity contribution in [2.24, 2.45) is 0 Å². The molecule has 11 heteroatoms. The highest BCUT2D eigenvalue weighted by Crippen LogP contribution is 2.39. The molecular weight excluding hydrogens is 486 g/mol. The van der Waals surface area contributed by atoms with Crippen molar-refractivity contribution in [2.75, 3.05) is 25.0 Å². The summed E-state index contributed by atoms with van der Waals surface area (Å²) in [4.78, 5) is 19.2. The van der Waals surface area contributed by atoms with Gasteiger partial charge in [-0.15, -0.1) is 0 Å². The second-order valence-corrected chi connectivity index (χ2v) is 8.64. The number of nitrogens with zero attached hydrogens (tertiary/aromatic N) is 2. The fourth-order valence-electron chi connectivity index (χ4n) is 4.44. The van der Waals surface area contributed by atoms with E-state index in [4.69, 9.17) is 0 Å². The van der Waals surface area contributed by atoms with Gasteiger partial charge in [-0.25, -0.2) is 0 Å². The summed E-state index contributed by atoms with van der Waals surface area (Å²) >= 11 is 0. The first kappa shape index (κ1) is 25.7. The van der Waals surface area contributed by atoms with E-state index >= 15 is 0 Å². The summed E-state index contributed by atoms with van der Waals surface area (Å²) in [6.45, 7) is 4.30. The van der Waals surface area contributed by atoms with Gasteiger partial charge in [-0.2, -0.15) is 26.3 Å². The molecule has 2 heterocycles. The van der Waals surface area contributed by atoms with Crippen LogP contribution in [0.1, 0.15) is 41.3 Å². The minimum atomic E-state index is -4.72. The quantitative estimate of drug-likeness (QED) is 0.400. The van der Waals surface area contributed by atoms with E-state index in [0.29, 0.717) is 6.54 Å². The third-order valence-corrected chi connectivity index (χ3v) is 6.22. The number of hydrogen-bond donors (Lipinski definition) is 2. The number of pyridine rings is 1. The van der Waals surface area contributed by atoms with E-state index in [9.17, 15) is 31.1 Å². The zero-order valence-corrected chi connectivity index (χ0v) is 19.3. The number of hydrogen-bond acceptors (Lipinski definition) is 4. The van der Waals surface area contributed by atoms with Gasteiger partial charge in [-0.3, -0.25) is 9.78 Å². The molecule has 1 fully saturated rings. The second-order valence-electron chi connectivity index (χ2n) is 8.64. The lowest BCUT2D eigenvalue weighted by atomic mass is 10.0. The Morgan fingerprint density at radius 2 is 1.83 bits per heavy atom. The van der Waals surface area contributed by atoms with Crippen LogP contribution in [-0.4, -0.2) is 41.5 Å². The molecule has 1 aliphatic heterocycles. The third kappa shape index (κ3) is 5.56. The minimum Gasteiger partial charge on any atom is -0.354 e. The van der Waals surface area contributed by atoms with Crippen LogP contribution in [0, 0.1) is 0 Å². The number of amides is 1. The molecule has 2 aromatic carbocycles. The molecule has 5 nitrogen and oxygen atoms in total. The lowest BCUT2D eigenvalue weighted by Gasteiger charge is -2.32. The van der Waals surface area contributed by atoms with Crippen molar-refractivity contribution < 1.29 is 31.1 Å². The highest BCUT2D eigenvalue weighted by molar-refractivity contribution is 6.03. The Balaban J connectivity index is 1.75. The molecule has 1 unspecified atom stereocenters. The number of carbonyl (C=O) groups is 1. The molecule has 0 spiro atoms. The van der Waals surface area contributed by atoms with Crippen LogP contribution in [0.5, 0.6) is 0 Å². The average Bonchev–Trinajstić information content (AvgIpc) is 2.82. The van der Waals surface area contributed by atoms with Crippen molar-refractivity contribution >= 4 is 28.2 Å². The van der Waals surface area contributed by atoms with Crippen molar-refractivity contribution in [1.29, 1.82) is 0 Å². The Hall–Kier alpha value is -3.34. The van der Waals surface area contributed by atoms with Crippen LogP contribution in [0.15, 0.2) is 48.7 Å². The first-order valence-corrected chi connectivity index (χ1v) is 11.4. The predicted molar refractivity (Wildman–Crippen MR) is 124 cm³/mol. The predicted octanol–water partition coefficient (Wildman–Crippen LogP) is 6.23. The number of benzene rings is 2. The molecule has 2 N–H and O–H groups in total. The van der Waals surface area contributed by atoms with Gasteiger partial charge in [0.15, 0.2) is 0 Å². The number of anilines is 2. The molecule has 3 aromatic rings. The molecule has 0 radical (unpaired) electrons. The van der Waals surface area contributed by atoms with E-state index in [-0.39, 0.29) is 33.9 Å². The first-order valence-electron chi connectivity index (χ1n) is 11.4. The van der Waals surface area contributed by atoms with Crippen LogP contribution < -0.4 is 10.6 Å². The number of aromatic nitrogens is 1. The number of likely N-dealkylation sites (tertiary alicyclic amines) is 1. The van der Waals surface area contributed by atoms with Gasteiger partial charge in [0.25, 0.3) is 5.91 Å². The zero-order valence-electron chi connectivity index (χ0n) is 19.3. The SMILES string of the molecule is CCN1CCCC(NC(=O)c2ccc(C(F)(F)F)cc2Nc2ccnc3cccc(C(F)(F)F)c23)C1. The van der Waals surface area contributed by atoms with Gasteiger partial charge in [0.05, 0.1) is 33.6 Å². The van der Waals surface area contributed by atoms with E-state index < -0.39 is 29.4 Å². The molecule has 1 amide bonds. The van der Waals surface area contributed by atoms with E-state index in [1.165, 1.54) is 24.4 Å². The standard InChI is InChI=1S/C25H24F6N4O/c1-2-35-12-4-5-16(14-35)33-23(36)17-9-8-15(24(26,27)28)13-21(17)34-20-10-11-32-19-7-3-6-18(22(19)20)25(29,30)31/h3,6-11,13,16H,2,4-5,12,14H2,1H3,(H,32,34)(H,33,36). The number of piperidine rings is 1. The van der Waals surface area contributed by atoms with Crippen molar-refractivity contribution in [3.05, 3.63) is 65.4 Å². The Morgan fingerprint density at radius 1 is 1.06 bits per heavy atom. The fraction of sp³-hybridized carbons (Fsp3) is 0.360. The Morgan fingerprint density at radius 3 is 2.53 bits per heavy atom. The minimum absolute atomic E-state index is 0.00895. The zero-order chi connectivity index (χ0) is 26.1. The van der Waals surface area contributed by atoms with Crippen LogP contribution in [0.4, 0.5) is 37.7 Å². The molecule has 1 atom stereocenters. The van der Waals surface area contributed by atoms with Crippen molar-refractivity contribution in [3.63, 3.8) is 0 Å². The number of carbonyl (C=O) groups excluding carboxylic acids is 1. The number of likely N-dealkylation sites (N-methyl/N-ethyl adjacent to an activating group) is 1. The molecule has 0 saturated carbocycles. The number of fused-ring (bicyclic) bond motifs is 1. The number of alkyl halides is 6. The normalized spacial score (nSPS) is 17.2. The summed E-state index contributed by atoms with van der Waals surface area (Å²) in [6.07, 6.45) is -6.61. The van der Waals surface area contributed by atoms with E-state index in [2.05, 4.69) is 20.5 Å². The molecule has 4 rings (SSSR count). The van der Waals surface area contributed by atoms with Crippen LogP contribution in [0.2, 0.25) is 0 Å². The Labute approximate surface area is 203 Å². The van der Waals surface area contributed by atoms with Gasteiger partial charge in [-0.05, 0) is 62.3 Å². The molecule has 0 bridgehead atoms. The summed E-state index contributed by atoms with van der Waals surface area (Å²) in [7, 11) is 0. The van der Waals surface area contributed by atoms with E-state index in [1.54, 1.807) is 0 Å². The maximum absolute atomic E-state index is 13.7. The summed E-state index contributed by atoms with van der Waals surface area (Å²) < 4.78 is 81.6. The maximum atomic E-state index is 13.7. The number of nitrogens with one attached hydrogen (secondary N) is 2. The van der Waals surface area contributed by atoms with Gasteiger partial charge in [0.1, 0.15) is 0 Å². The second kappa shape index (κ2) is 9.96. The first-order chi connectivity index (χ1) is 17.0. The van der Waals surface area contributed by atoms with Crippen LogP contribution in [-0.2, 0) is 12.4 Å². The molecule has 1 aromatic heterocycles. The molecule has 0 aliphatic carbocycles. The van der Waals surface area contributed by atoms with Crippen LogP contribution in [0.3, 0.4) is 0 Å². The molecule has 1 saturated heterocycles. The number of halogens is 6. The van der Waals surface area contributed by atoms with Gasteiger partial charge >= 0.3 is 12.4 Å². The molecule has 1 aliphatic rings. The Bertz CT molecular complexity index is 1250. The van der Waals surface area contributed by atoms with Gasteiger partial charge in [0, 0.05) is 24.2 Å². The monoisotopic (exact) mass is 510 g/mol. The summed E-state index contributed by atoms with van der Waals surface area (Å²) in [5.74, 6) is -0.608. The fourth-order valence-corrected chi connectivity index (χ4v) is 4.44. The van der Waals surface area contributed by atoms with Gasteiger partial charge < -0.3 is 15.5 Å². The number of rotatable bonds is 5. The largest absolute Gasteiger partial charge is 0.417 e. The van der Waals surface area contributed by atoms with Gasteiger partial charge in [-0.1, -0.05) is 13.0 Å². The lowest BCUT2D eigenvalue weighted by Crippen LogP contribution is -2.47. The highest BCUT2D eigenvalue weighted by Gasteiger charge is 2.35. The van der Waals surface area contributed by atoms with E-state index in [1.807, 2.05) is 6.92 Å². The molecule has 36 heavy (non-hydrogen) atoms. The lowest BCUT2D eigenvalue weighted by molar-refractivity contribution is -0.137. The van der Waals surface area contributed by atoms with Crippen molar-refractivity contribution in [3.8, 4) is 0 Å². The summed E-state index contributed by atoms with van der Waals surface area (Å²) in [5.41, 5.74) is -2.49. The van der Waals surface area contributed by atoms with Gasteiger partial charge in [0.2, 0.25) is 0 Å². The van der Waals surface area contributed by atoms with Crippen molar-refractivity contribution in [2.45, 2.75) is 38.2 Å². The molecular formula is C25H24F6N4O. The maximum Gasteiger partial charge on any atom is 0.417 e. The topological polar surface area (TPSA) is 57.3 Å². The summed E-state index contributed by atoms with van der Waals surface area (Å²) in [5, 5.41) is 5.23. The summed E-state index contributed by atoms with van der Waals surface area (Å²) in [6, 6.07) is 7.04. The highest BCUT2D eigenvalue weighted by atomic mass is 19.4.